The van der Waals surface area contributed by atoms with E-state index in [1.54, 1.807) is 13.0 Å². The van der Waals surface area contributed by atoms with Crippen molar-refractivity contribution in [1.82, 2.24) is 0 Å². The molecule has 0 bridgehead atoms. The third-order valence-electron chi connectivity index (χ3n) is 2.71. The van der Waals surface area contributed by atoms with E-state index < -0.39 is 0 Å². The highest BCUT2D eigenvalue weighted by Gasteiger charge is 2.12. The molecule has 0 aliphatic carbocycles. The molecular formula is C14H10Br2ClF. The van der Waals surface area contributed by atoms with E-state index in [1.807, 2.05) is 24.3 Å². The molecule has 2 aromatic rings. The highest BCUT2D eigenvalue weighted by atomic mass is 79.9. The van der Waals surface area contributed by atoms with Gasteiger partial charge in [0.2, 0.25) is 0 Å². The van der Waals surface area contributed by atoms with Gasteiger partial charge >= 0.3 is 0 Å². The minimum Gasteiger partial charge on any atom is -0.207 e. The van der Waals surface area contributed by atoms with Crippen molar-refractivity contribution in [2.75, 3.05) is 0 Å². The minimum absolute atomic E-state index is 0.00222. The molecule has 0 spiro atoms. The Hall–Kier alpha value is -0.380. The maximum absolute atomic E-state index is 13.2. The Morgan fingerprint density at radius 2 is 1.72 bits per heavy atom. The fourth-order valence-electron chi connectivity index (χ4n) is 1.69. The molecule has 0 aliphatic heterocycles. The first-order chi connectivity index (χ1) is 8.49. The van der Waals surface area contributed by atoms with Gasteiger partial charge in [-0.2, -0.15) is 0 Å². The molecule has 0 saturated carbocycles. The van der Waals surface area contributed by atoms with Crippen molar-refractivity contribution in [1.29, 1.82) is 0 Å². The van der Waals surface area contributed by atoms with E-state index in [1.165, 1.54) is 6.07 Å². The first kappa shape index (κ1) is 14.0. The summed E-state index contributed by atoms with van der Waals surface area (Å²) in [7, 11) is 0. The maximum Gasteiger partial charge on any atom is 0.126 e. The third-order valence-corrected chi connectivity index (χ3v) is 5.00. The number of aryl methyl sites for hydroxylation is 1. The van der Waals surface area contributed by atoms with Crippen molar-refractivity contribution in [3.63, 3.8) is 0 Å². The predicted molar refractivity (Wildman–Crippen MR) is 81.1 cm³/mol. The molecule has 0 amide bonds. The van der Waals surface area contributed by atoms with E-state index in [2.05, 4.69) is 31.9 Å². The second kappa shape index (κ2) is 5.72. The van der Waals surface area contributed by atoms with E-state index in [4.69, 9.17) is 11.6 Å². The maximum atomic E-state index is 13.2. The molecule has 94 valence electrons. The van der Waals surface area contributed by atoms with E-state index in [-0.39, 0.29) is 10.6 Å². The van der Waals surface area contributed by atoms with Crippen molar-refractivity contribution in [2.24, 2.45) is 0 Å². The Morgan fingerprint density at radius 1 is 1.11 bits per heavy atom. The fourth-order valence-corrected chi connectivity index (χ4v) is 2.69. The quantitative estimate of drug-likeness (QED) is 0.547. The molecule has 2 aromatic carbocycles. The number of alkyl halides is 1. The van der Waals surface area contributed by atoms with Crippen LogP contribution >= 0.6 is 43.5 Å². The summed E-state index contributed by atoms with van der Waals surface area (Å²) in [4.78, 5) is 0.00222. The van der Waals surface area contributed by atoms with Crippen molar-refractivity contribution >= 4 is 43.5 Å². The van der Waals surface area contributed by atoms with Gasteiger partial charge in [-0.1, -0.05) is 45.7 Å². The summed E-state index contributed by atoms with van der Waals surface area (Å²) in [5.41, 5.74) is 2.68. The number of benzene rings is 2. The van der Waals surface area contributed by atoms with Gasteiger partial charge in [0.1, 0.15) is 5.82 Å². The predicted octanol–water partition coefficient (Wildman–Crippen LogP) is 6.03. The average Bonchev–Trinajstić information content (AvgIpc) is 2.35. The van der Waals surface area contributed by atoms with Gasteiger partial charge in [0.15, 0.2) is 0 Å². The molecule has 0 heterocycles. The Bertz CT molecular complexity index is 533. The standard InChI is InChI=1S/C14H10Br2ClF/c1-8-6-9(3-5-13(8)18)14(16)10-2-4-11(15)12(17)7-10/h2-7,14H,1H3. The van der Waals surface area contributed by atoms with Crippen molar-refractivity contribution < 1.29 is 4.39 Å². The Morgan fingerprint density at radius 3 is 2.33 bits per heavy atom. The monoisotopic (exact) mass is 390 g/mol. The fraction of sp³-hybridized carbons (Fsp3) is 0.143. The molecule has 0 N–H and O–H groups in total. The van der Waals surface area contributed by atoms with Crippen LogP contribution < -0.4 is 0 Å². The van der Waals surface area contributed by atoms with E-state index in [0.29, 0.717) is 10.6 Å². The molecule has 1 atom stereocenters. The number of hydrogen-bond acceptors (Lipinski definition) is 0. The van der Waals surface area contributed by atoms with Gasteiger partial charge in [0, 0.05) is 4.47 Å². The molecule has 0 nitrogen and oxygen atoms in total. The molecule has 2 rings (SSSR count). The number of rotatable bonds is 2. The second-order valence-electron chi connectivity index (χ2n) is 4.04. The van der Waals surface area contributed by atoms with Gasteiger partial charge in [0.25, 0.3) is 0 Å². The number of hydrogen-bond donors (Lipinski definition) is 0. The molecule has 18 heavy (non-hydrogen) atoms. The lowest BCUT2D eigenvalue weighted by Gasteiger charge is -2.12. The van der Waals surface area contributed by atoms with Gasteiger partial charge in [-0.25, -0.2) is 4.39 Å². The average molecular weight is 392 g/mol. The van der Waals surface area contributed by atoms with Crippen molar-refractivity contribution in [2.45, 2.75) is 11.8 Å². The molecule has 1 unspecified atom stereocenters. The summed E-state index contributed by atoms with van der Waals surface area (Å²) in [5.74, 6) is -0.188. The lowest BCUT2D eigenvalue weighted by Crippen LogP contribution is -1.95. The van der Waals surface area contributed by atoms with Gasteiger partial charge in [0.05, 0.1) is 9.85 Å². The Kier molecular flexibility index (Phi) is 4.46. The van der Waals surface area contributed by atoms with Gasteiger partial charge in [-0.05, 0) is 57.7 Å². The molecule has 0 aliphatic rings. The van der Waals surface area contributed by atoms with Crippen LogP contribution in [0.25, 0.3) is 0 Å². The van der Waals surface area contributed by atoms with Crippen LogP contribution in [0.2, 0.25) is 5.02 Å². The molecular weight excluding hydrogens is 382 g/mol. The van der Waals surface area contributed by atoms with E-state index >= 15 is 0 Å². The van der Waals surface area contributed by atoms with Crippen molar-refractivity contribution in [3.05, 3.63) is 68.4 Å². The summed E-state index contributed by atoms with van der Waals surface area (Å²) in [6, 6.07) is 10.9. The summed E-state index contributed by atoms with van der Waals surface area (Å²) >= 11 is 13.0. The van der Waals surface area contributed by atoms with Crippen molar-refractivity contribution in [3.8, 4) is 0 Å². The largest absolute Gasteiger partial charge is 0.207 e. The Balaban J connectivity index is 2.37. The van der Waals surface area contributed by atoms with Gasteiger partial charge < -0.3 is 0 Å². The minimum atomic E-state index is -0.188. The highest BCUT2D eigenvalue weighted by molar-refractivity contribution is 9.10. The second-order valence-corrected chi connectivity index (χ2v) is 6.22. The SMILES string of the molecule is Cc1cc(C(Br)c2ccc(Br)c(Cl)c2)ccc1F. The Labute approximate surface area is 127 Å². The molecule has 0 aromatic heterocycles. The third kappa shape index (κ3) is 2.95. The zero-order valence-corrected chi connectivity index (χ0v) is 13.5. The lowest BCUT2D eigenvalue weighted by molar-refractivity contribution is 0.618. The van der Waals surface area contributed by atoms with Crippen LogP contribution in [-0.2, 0) is 0 Å². The van der Waals surface area contributed by atoms with E-state index in [0.717, 1.165) is 15.6 Å². The van der Waals surface area contributed by atoms with Crippen LogP contribution in [0.15, 0.2) is 40.9 Å². The zero-order chi connectivity index (χ0) is 13.3. The smallest absolute Gasteiger partial charge is 0.126 e. The normalized spacial score (nSPS) is 12.5. The first-order valence-corrected chi connectivity index (χ1v) is 7.43. The molecule has 0 fully saturated rings. The summed E-state index contributed by atoms with van der Waals surface area (Å²) < 4.78 is 14.1. The van der Waals surface area contributed by atoms with Crippen LogP contribution in [0.4, 0.5) is 4.39 Å². The van der Waals surface area contributed by atoms with E-state index in [9.17, 15) is 4.39 Å². The topological polar surface area (TPSA) is 0 Å². The van der Waals surface area contributed by atoms with Gasteiger partial charge in [-0.3, -0.25) is 0 Å². The summed E-state index contributed by atoms with van der Waals surface area (Å²) in [6.45, 7) is 1.76. The highest BCUT2D eigenvalue weighted by Crippen LogP contribution is 2.34. The zero-order valence-electron chi connectivity index (χ0n) is 9.55. The lowest BCUT2D eigenvalue weighted by atomic mass is 10.0. The molecule has 0 saturated heterocycles. The van der Waals surface area contributed by atoms with Crippen LogP contribution in [0, 0.1) is 12.7 Å². The molecule has 4 heteroatoms. The molecule has 0 radical (unpaired) electrons. The summed E-state index contributed by atoms with van der Waals surface area (Å²) in [5, 5.41) is 0.663. The van der Waals surface area contributed by atoms with Crippen LogP contribution in [0.1, 0.15) is 21.5 Å². The van der Waals surface area contributed by atoms with Crippen LogP contribution in [0.3, 0.4) is 0 Å². The number of halogens is 4. The van der Waals surface area contributed by atoms with Crippen LogP contribution in [-0.4, -0.2) is 0 Å². The van der Waals surface area contributed by atoms with Crippen LogP contribution in [0.5, 0.6) is 0 Å². The first-order valence-electron chi connectivity index (χ1n) is 5.34. The summed E-state index contributed by atoms with van der Waals surface area (Å²) in [6.07, 6.45) is 0. The van der Waals surface area contributed by atoms with Gasteiger partial charge in [-0.15, -0.1) is 0 Å².